The zero-order valence-electron chi connectivity index (χ0n) is 17.8. The summed E-state index contributed by atoms with van der Waals surface area (Å²) in [6.07, 6.45) is 3.78. The van der Waals surface area contributed by atoms with E-state index in [1.165, 1.54) is 9.80 Å². The second-order valence-electron chi connectivity index (χ2n) is 9.34. The van der Waals surface area contributed by atoms with Crippen molar-refractivity contribution in [3.8, 4) is 0 Å². The summed E-state index contributed by atoms with van der Waals surface area (Å²) in [6, 6.07) is 14.6. The van der Waals surface area contributed by atoms with Crippen LogP contribution in [0.15, 0.2) is 60.7 Å². The molecule has 1 saturated carbocycles. The lowest BCUT2D eigenvalue weighted by Crippen LogP contribution is -2.50. The number of carbonyl (C=O) groups is 4. The fourth-order valence-electron chi connectivity index (χ4n) is 6.27. The number of imide groups is 2. The highest BCUT2D eigenvalue weighted by Crippen LogP contribution is 2.58. The highest BCUT2D eigenvalue weighted by molar-refractivity contribution is 6.26. The Bertz CT molecular complexity index is 1110. The fraction of sp³-hybridized carbons (Fsp3) is 0.308. The van der Waals surface area contributed by atoms with Crippen LogP contribution in [-0.4, -0.2) is 23.6 Å². The van der Waals surface area contributed by atoms with E-state index in [-0.39, 0.29) is 23.6 Å². The molecule has 0 aromatic heterocycles. The molecule has 0 N–H and O–H groups in total. The van der Waals surface area contributed by atoms with Crippen LogP contribution in [0.5, 0.6) is 0 Å². The second-order valence-corrected chi connectivity index (χ2v) is 9.34. The van der Waals surface area contributed by atoms with Crippen LogP contribution in [0.4, 0.5) is 11.4 Å². The molecule has 4 amide bonds. The highest BCUT2D eigenvalue weighted by Gasteiger charge is 2.68. The number of carbonyl (C=O) groups excluding carboxylic acids is 4. The molecule has 2 aliphatic heterocycles. The molecule has 160 valence electrons. The van der Waals surface area contributed by atoms with Crippen molar-refractivity contribution in [3.63, 3.8) is 0 Å². The third kappa shape index (κ3) is 2.35. The maximum atomic E-state index is 13.5. The topological polar surface area (TPSA) is 74.8 Å². The van der Waals surface area contributed by atoms with Gasteiger partial charge in [0, 0.05) is 11.8 Å². The fourth-order valence-corrected chi connectivity index (χ4v) is 6.27. The Kier molecular flexibility index (Phi) is 3.88. The molecule has 2 saturated heterocycles. The van der Waals surface area contributed by atoms with Gasteiger partial charge in [0.05, 0.1) is 35.0 Å². The summed E-state index contributed by atoms with van der Waals surface area (Å²) < 4.78 is 0. The Labute approximate surface area is 185 Å². The lowest BCUT2D eigenvalue weighted by atomic mass is 9.54. The normalized spacial score (nSPS) is 32.7. The Morgan fingerprint density at radius 3 is 1.22 bits per heavy atom. The van der Waals surface area contributed by atoms with E-state index in [2.05, 4.69) is 0 Å². The summed E-state index contributed by atoms with van der Waals surface area (Å²) in [5, 5.41) is 0. The van der Waals surface area contributed by atoms with Gasteiger partial charge in [0.1, 0.15) is 0 Å². The SMILES string of the molecule is Cc1cccc(N2C(=O)[C@@H]3C4C=CC([C@H]3C2=O)[C@H]2C(=O)N(c3cccc(C)c3)C(=O)[C@H]42)c1. The van der Waals surface area contributed by atoms with Crippen molar-refractivity contribution < 1.29 is 19.2 Å². The first-order valence-electron chi connectivity index (χ1n) is 11.0. The molecule has 7 rings (SSSR count). The molecule has 32 heavy (non-hydrogen) atoms. The molecule has 3 fully saturated rings. The second kappa shape index (κ2) is 6.48. The molecule has 6 heteroatoms. The standard InChI is InChI=1S/C26H22N2O4/c1-13-5-3-7-15(11-13)27-23(29)19-17-9-10-18(20(19)24(27)30)22-21(17)25(31)28(26(22)32)16-8-4-6-14(2)12-16/h3-12,17-22H,1-2H3/t17?,18?,19-,20-,21-,22-/m1/s1. The van der Waals surface area contributed by atoms with Gasteiger partial charge in [-0.05, 0) is 49.2 Å². The van der Waals surface area contributed by atoms with Crippen LogP contribution in [0.1, 0.15) is 11.1 Å². The number of anilines is 2. The van der Waals surface area contributed by atoms with Gasteiger partial charge in [0.15, 0.2) is 0 Å². The third-order valence-electron chi connectivity index (χ3n) is 7.53. The zero-order valence-corrected chi connectivity index (χ0v) is 17.8. The van der Waals surface area contributed by atoms with Gasteiger partial charge in [-0.25, -0.2) is 0 Å². The number of nitrogens with zero attached hydrogens (tertiary/aromatic N) is 2. The Morgan fingerprint density at radius 2 is 0.906 bits per heavy atom. The lowest BCUT2D eigenvalue weighted by Gasteiger charge is -2.44. The van der Waals surface area contributed by atoms with Gasteiger partial charge in [0.25, 0.3) is 0 Å². The predicted molar refractivity (Wildman–Crippen MR) is 117 cm³/mol. The summed E-state index contributed by atoms with van der Waals surface area (Å²) in [6.45, 7) is 3.82. The lowest BCUT2D eigenvalue weighted by molar-refractivity contribution is -0.137. The van der Waals surface area contributed by atoms with Crippen molar-refractivity contribution in [3.05, 3.63) is 71.8 Å². The van der Waals surface area contributed by atoms with Gasteiger partial charge in [-0.1, -0.05) is 36.4 Å². The molecule has 3 aliphatic carbocycles. The van der Waals surface area contributed by atoms with Gasteiger partial charge in [0.2, 0.25) is 23.6 Å². The van der Waals surface area contributed by atoms with Crippen LogP contribution in [0.25, 0.3) is 0 Å². The van der Waals surface area contributed by atoms with E-state index in [0.717, 1.165) is 11.1 Å². The molecule has 6 nitrogen and oxygen atoms in total. The van der Waals surface area contributed by atoms with Crippen molar-refractivity contribution in [2.75, 3.05) is 9.80 Å². The minimum Gasteiger partial charge on any atom is -0.274 e. The smallest absolute Gasteiger partial charge is 0.238 e. The largest absolute Gasteiger partial charge is 0.274 e. The summed E-state index contributed by atoms with van der Waals surface area (Å²) in [5.41, 5.74) is 3.01. The van der Waals surface area contributed by atoms with E-state index in [1.807, 2.05) is 62.4 Å². The van der Waals surface area contributed by atoms with E-state index in [9.17, 15) is 19.2 Å². The van der Waals surface area contributed by atoms with Crippen molar-refractivity contribution >= 4 is 35.0 Å². The number of rotatable bonds is 2. The zero-order chi connectivity index (χ0) is 22.3. The molecule has 2 bridgehead atoms. The van der Waals surface area contributed by atoms with E-state index < -0.39 is 35.5 Å². The molecule has 2 aromatic carbocycles. The average molecular weight is 426 g/mol. The molecule has 4 atom stereocenters. The number of hydrogen-bond acceptors (Lipinski definition) is 4. The molecule has 5 aliphatic rings. The van der Waals surface area contributed by atoms with Crippen LogP contribution >= 0.6 is 0 Å². The minimum atomic E-state index is -0.603. The Hall–Kier alpha value is -3.54. The van der Waals surface area contributed by atoms with Crippen LogP contribution < -0.4 is 9.80 Å². The maximum Gasteiger partial charge on any atom is 0.238 e. The average Bonchev–Trinajstić information content (AvgIpc) is 3.21. The Balaban J connectivity index is 1.41. The maximum absolute atomic E-state index is 13.5. The van der Waals surface area contributed by atoms with Crippen LogP contribution in [0.3, 0.4) is 0 Å². The number of hydrogen-bond donors (Lipinski definition) is 0. The van der Waals surface area contributed by atoms with Crippen molar-refractivity contribution in [2.45, 2.75) is 13.8 Å². The molecule has 0 radical (unpaired) electrons. The first-order valence-corrected chi connectivity index (χ1v) is 11.0. The monoisotopic (exact) mass is 426 g/mol. The predicted octanol–water partition coefficient (Wildman–Crippen LogP) is 3.03. The van der Waals surface area contributed by atoms with E-state index >= 15 is 0 Å². The van der Waals surface area contributed by atoms with E-state index in [4.69, 9.17) is 0 Å². The van der Waals surface area contributed by atoms with Crippen molar-refractivity contribution in [1.82, 2.24) is 0 Å². The van der Waals surface area contributed by atoms with Crippen molar-refractivity contribution in [2.24, 2.45) is 35.5 Å². The highest BCUT2D eigenvalue weighted by atomic mass is 16.2. The number of aryl methyl sites for hydroxylation is 2. The summed E-state index contributed by atoms with van der Waals surface area (Å²) >= 11 is 0. The third-order valence-corrected chi connectivity index (χ3v) is 7.53. The van der Waals surface area contributed by atoms with E-state index in [0.29, 0.717) is 11.4 Å². The summed E-state index contributed by atoms with van der Waals surface area (Å²) in [4.78, 5) is 56.5. The molecule has 2 heterocycles. The van der Waals surface area contributed by atoms with Gasteiger partial charge >= 0.3 is 0 Å². The van der Waals surface area contributed by atoms with Gasteiger partial charge in [-0.3, -0.25) is 29.0 Å². The first-order chi connectivity index (χ1) is 15.4. The van der Waals surface area contributed by atoms with Gasteiger partial charge in [-0.15, -0.1) is 0 Å². The van der Waals surface area contributed by atoms with Crippen molar-refractivity contribution in [1.29, 1.82) is 0 Å². The molecular weight excluding hydrogens is 404 g/mol. The summed E-state index contributed by atoms with van der Waals surface area (Å²) in [7, 11) is 0. The van der Waals surface area contributed by atoms with Crippen LogP contribution in [0.2, 0.25) is 0 Å². The van der Waals surface area contributed by atoms with Gasteiger partial charge < -0.3 is 0 Å². The quantitative estimate of drug-likeness (QED) is 0.547. The number of amides is 4. The molecular formula is C26H22N2O4. The van der Waals surface area contributed by atoms with Crippen LogP contribution in [0, 0.1) is 49.4 Å². The number of allylic oxidation sites excluding steroid dienone is 2. The minimum absolute atomic E-state index is 0.266. The summed E-state index contributed by atoms with van der Waals surface area (Å²) in [5.74, 6) is -4.38. The van der Waals surface area contributed by atoms with Crippen LogP contribution in [-0.2, 0) is 19.2 Å². The Morgan fingerprint density at radius 1 is 0.562 bits per heavy atom. The van der Waals surface area contributed by atoms with Gasteiger partial charge in [-0.2, -0.15) is 0 Å². The number of benzene rings is 2. The molecule has 0 unspecified atom stereocenters. The first kappa shape index (κ1) is 19.2. The van der Waals surface area contributed by atoms with E-state index in [1.54, 1.807) is 12.1 Å². The molecule has 2 aromatic rings. The molecule has 0 spiro atoms.